The number of carbonyl (C=O) groups excluding carboxylic acids is 1. The summed E-state index contributed by atoms with van der Waals surface area (Å²) >= 11 is 0. The molecule has 0 bridgehead atoms. The second-order valence-electron chi connectivity index (χ2n) is 4.63. The summed E-state index contributed by atoms with van der Waals surface area (Å²) < 4.78 is 0. The van der Waals surface area contributed by atoms with E-state index in [0.29, 0.717) is 18.1 Å². The first-order valence-electron chi connectivity index (χ1n) is 5.71. The molecule has 1 aromatic carbocycles. The lowest BCUT2D eigenvalue weighted by Gasteiger charge is -2.17. The molecule has 0 radical (unpaired) electrons. The molecule has 0 saturated heterocycles. The number of Topliss-reactive ketones (excluding diaryl/α,β-unsaturated/α-hetero) is 1. The minimum atomic E-state index is 0.237. The first-order valence-corrected chi connectivity index (χ1v) is 5.71. The molecular formula is C14H20O2. The summed E-state index contributed by atoms with van der Waals surface area (Å²) in [6, 6.07) is 3.57. The van der Waals surface area contributed by atoms with Crippen molar-refractivity contribution in [1.82, 2.24) is 0 Å². The van der Waals surface area contributed by atoms with E-state index in [1.807, 2.05) is 13.8 Å². The van der Waals surface area contributed by atoms with Crippen LogP contribution in [0.3, 0.4) is 0 Å². The van der Waals surface area contributed by atoms with Crippen molar-refractivity contribution in [2.45, 2.75) is 46.5 Å². The van der Waals surface area contributed by atoms with E-state index in [-0.39, 0.29) is 5.78 Å². The van der Waals surface area contributed by atoms with Crippen LogP contribution in [0.2, 0.25) is 0 Å². The van der Waals surface area contributed by atoms with Crippen molar-refractivity contribution in [3.8, 4) is 5.75 Å². The van der Waals surface area contributed by atoms with Crippen LogP contribution in [0.15, 0.2) is 12.1 Å². The molecule has 1 unspecified atom stereocenters. The second kappa shape index (κ2) is 5.15. The van der Waals surface area contributed by atoms with Gasteiger partial charge in [-0.15, -0.1) is 0 Å². The Kier molecular flexibility index (Phi) is 4.11. The molecule has 0 heterocycles. The summed E-state index contributed by atoms with van der Waals surface area (Å²) in [6.45, 7) is 7.78. The van der Waals surface area contributed by atoms with Crippen molar-refractivity contribution in [3.63, 3.8) is 0 Å². The number of hydrogen-bond donors (Lipinski definition) is 1. The number of hydrogen-bond acceptors (Lipinski definition) is 2. The van der Waals surface area contributed by atoms with Crippen LogP contribution in [0, 0.1) is 13.8 Å². The Morgan fingerprint density at radius 3 is 2.25 bits per heavy atom. The fourth-order valence-corrected chi connectivity index (χ4v) is 2.29. The lowest BCUT2D eigenvalue weighted by Crippen LogP contribution is -2.02. The van der Waals surface area contributed by atoms with Crippen molar-refractivity contribution in [2.24, 2.45) is 0 Å². The molecule has 0 aliphatic heterocycles. The van der Waals surface area contributed by atoms with Gasteiger partial charge in [0.2, 0.25) is 0 Å². The average molecular weight is 220 g/mol. The molecule has 1 rings (SSSR count). The van der Waals surface area contributed by atoms with Gasteiger partial charge >= 0.3 is 0 Å². The Bertz CT molecular complexity index is 371. The van der Waals surface area contributed by atoms with Gasteiger partial charge in [-0.2, -0.15) is 0 Å². The molecule has 16 heavy (non-hydrogen) atoms. The molecule has 0 amide bonds. The fourth-order valence-electron chi connectivity index (χ4n) is 2.29. The lowest BCUT2D eigenvalue weighted by molar-refractivity contribution is -0.117. The summed E-state index contributed by atoms with van der Waals surface area (Å²) in [7, 11) is 0. The van der Waals surface area contributed by atoms with E-state index in [1.165, 1.54) is 5.56 Å². The molecule has 0 aliphatic carbocycles. The first-order chi connectivity index (χ1) is 7.41. The van der Waals surface area contributed by atoms with Crippen LogP contribution in [-0.4, -0.2) is 10.9 Å². The minimum absolute atomic E-state index is 0.237. The normalized spacial score (nSPS) is 12.5. The number of aromatic hydroxyl groups is 1. The highest BCUT2D eigenvalue weighted by atomic mass is 16.3. The van der Waals surface area contributed by atoms with E-state index >= 15 is 0 Å². The predicted molar refractivity (Wildman–Crippen MR) is 65.9 cm³/mol. The maximum atomic E-state index is 11.0. The standard InChI is InChI=1S/C14H20O2/c1-9(5-6-12(4)15)14-10(2)7-13(16)8-11(14)3/h7-9,16H,5-6H2,1-4H3. The fraction of sp³-hybridized carbons (Fsp3) is 0.500. The molecule has 1 aromatic rings. The molecule has 1 atom stereocenters. The van der Waals surface area contributed by atoms with Crippen molar-refractivity contribution < 1.29 is 9.90 Å². The number of benzene rings is 1. The zero-order valence-corrected chi connectivity index (χ0v) is 10.5. The second-order valence-corrected chi connectivity index (χ2v) is 4.63. The van der Waals surface area contributed by atoms with E-state index in [0.717, 1.165) is 17.5 Å². The van der Waals surface area contributed by atoms with Crippen molar-refractivity contribution in [3.05, 3.63) is 28.8 Å². The predicted octanol–water partition coefficient (Wildman–Crippen LogP) is 3.48. The minimum Gasteiger partial charge on any atom is -0.508 e. The van der Waals surface area contributed by atoms with Crippen LogP contribution in [0.25, 0.3) is 0 Å². The Morgan fingerprint density at radius 2 is 1.81 bits per heavy atom. The van der Waals surface area contributed by atoms with E-state index in [4.69, 9.17) is 0 Å². The highest BCUT2D eigenvalue weighted by Crippen LogP contribution is 2.30. The van der Waals surface area contributed by atoms with Gasteiger partial charge in [0.15, 0.2) is 0 Å². The van der Waals surface area contributed by atoms with Gasteiger partial charge in [-0.3, -0.25) is 0 Å². The summed E-state index contributed by atoms with van der Waals surface area (Å²) in [5, 5.41) is 9.46. The number of phenolic OH excluding ortho intramolecular Hbond substituents is 1. The molecule has 88 valence electrons. The highest BCUT2D eigenvalue weighted by molar-refractivity contribution is 5.75. The van der Waals surface area contributed by atoms with Gasteiger partial charge < -0.3 is 9.90 Å². The van der Waals surface area contributed by atoms with E-state index < -0.39 is 0 Å². The number of carbonyl (C=O) groups is 1. The molecule has 0 fully saturated rings. The molecule has 0 aliphatic rings. The summed E-state index contributed by atoms with van der Waals surface area (Å²) in [5.41, 5.74) is 3.47. The summed E-state index contributed by atoms with van der Waals surface area (Å²) in [6.07, 6.45) is 1.50. The van der Waals surface area contributed by atoms with Gasteiger partial charge in [-0.25, -0.2) is 0 Å². The Balaban J connectivity index is 2.90. The van der Waals surface area contributed by atoms with Gasteiger partial charge in [0, 0.05) is 6.42 Å². The topological polar surface area (TPSA) is 37.3 Å². The maximum Gasteiger partial charge on any atom is 0.129 e. The van der Waals surface area contributed by atoms with Gasteiger partial charge in [-0.05, 0) is 61.9 Å². The Hall–Kier alpha value is -1.31. The van der Waals surface area contributed by atoms with Crippen molar-refractivity contribution in [1.29, 1.82) is 0 Å². The van der Waals surface area contributed by atoms with Crippen LogP contribution < -0.4 is 0 Å². The monoisotopic (exact) mass is 220 g/mol. The third kappa shape index (κ3) is 3.09. The van der Waals surface area contributed by atoms with E-state index in [2.05, 4.69) is 6.92 Å². The van der Waals surface area contributed by atoms with Crippen LogP contribution in [0.4, 0.5) is 0 Å². The summed E-state index contributed by atoms with van der Waals surface area (Å²) in [4.78, 5) is 11.0. The molecule has 0 aromatic heterocycles. The molecule has 2 nitrogen and oxygen atoms in total. The SMILES string of the molecule is CC(=O)CCC(C)c1c(C)cc(O)cc1C. The number of rotatable bonds is 4. The molecule has 0 saturated carbocycles. The highest BCUT2D eigenvalue weighted by Gasteiger charge is 2.13. The smallest absolute Gasteiger partial charge is 0.129 e. The van der Waals surface area contributed by atoms with Crippen LogP contribution in [0.5, 0.6) is 5.75 Å². The zero-order chi connectivity index (χ0) is 12.3. The Morgan fingerprint density at radius 1 is 1.31 bits per heavy atom. The molecule has 2 heteroatoms. The first kappa shape index (κ1) is 12.8. The molecule has 0 spiro atoms. The summed E-state index contributed by atoms with van der Waals surface area (Å²) in [5.74, 6) is 0.919. The van der Waals surface area contributed by atoms with Crippen LogP contribution >= 0.6 is 0 Å². The van der Waals surface area contributed by atoms with Gasteiger partial charge in [-0.1, -0.05) is 6.92 Å². The van der Waals surface area contributed by atoms with Crippen molar-refractivity contribution in [2.75, 3.05) is 0 Å². The largest absolute Gasteiger partial charge is 0.508 e. The third-order valence-corrected chi connectivity index (χ3v) is 3.00. The quantitative estimate of drug-likeness (QED) is 0.843. The lowest BCUT2D eigenvalue weighted by atomic mass is 9.88. The van der Waals surface area contributed by atoms with Crippen LogP contribution in [-0.2, 0) is 4.79 Å². The maximum absolute atomic E-state index is 11.0. The molecular weight excluding hydrogens is 200 g/mol. The van der Waals surface area contributed by atoms with Crippen molar-refractivity contribution >= 4 is 5.78 Å². The Labute approximate surface area is 97.3 Å². The van der Waals surface area contributed by atoms with Gasteiger partial charge in [0.1, 0.15) is 11.5 Å². The van der Waals surface area contributed by atoms with Gasteiger partial charge in [0.05, 0.1) is 0 Å². The number of phenols is 1. The molecule has 1 N–H and O–H groups in total. The van der Waals surface area contributed by atoms with Crippen LogP contribution in [0.1, 0.15) is 49.3 Å². The van der Waals surface area contributed by atoms with Gasteiger partial charge in [0.25, 0.3) is 0 Å². The number of ketones is 1. The zero-order valence-electron chi connectivity index (χ0n) is 10.5. The van der Waals surface area contributed by atoms with E-state index in [9.17, 15) is 9.90 Å². The average Bonchev–Trinajstić information content (AvgIpc) is 2.12. The van der Waals surface area contributed by atoms with E-state index in [1.54, 1.807) is 19.1 Å². The third-order valence-electron chi connectivity index (χ3n) is 3.00. The number of aryl methyl sites for hydroxylation is 2.